The van der Waals surface area contributed by atoms with Crippen molar-refractivity contribution in [1.29, 1.82) is 5.26 Å². The lowest BCUT2D eigenvalue weighted by Crippen LogP contribution is -2.31. The summed E-state index contributed by atoms with van der Waals surface area (Å²) in [7, 11) is 1.18. The van der Waals surface area contributed by atoms with E-state index >= 15 is 0 Å². The molecule has 0 saturated carbocycles. The normalized spacial score (nSPS) is 16.9. The van der Waals surface area contributed by atoms with Gasteiger partial charge in [-0.25, -0.2) is 0 Å². The Morgan fingerprint density at radius 2 is 2.11 bits per heavy atom. The second-order valence-electron chi connectivity index (χ2n) is 3.75. The maximum atomic E-state index is 12.3. The molecule has 8 heteroatoms. The molecule has 0 spiro atoms. The molecule has 0 bridgehead atoms. The van der Waals surface area contributed by atoms with Crippen LogP contribution in [-0.4, -0.2) is 16.1 Å². The number of pyridine rings is 1. The number of quaternary nitrogens is 1. The standard InChI is InChI=1S/C10H11F3N3OS/c1-7(18-16(2,17)6-14)8-3-4-9(15-5-8)10(11,12)13/h3-5,7,18H,1-2H3/q-1/t7-,16?/m1/s1. The SMILES string of the molecule is C[C@@H]([SH-][N+](C)([O-])C#N)c1ccc(C(F)(F)F)nc1. The molecule has 1 unspecified atom stereocenters. The molecule has 0 N–H and O–H groups in total. The monoisotopic (exact) mass is 278 g/mol. The van der Waals surface area contributed by atoms with Gasteiger partial charge in [-0.1, -0.05) is 18.2 Å². The first-order valence-electron chi connectivity index (χ1n) is 4.90. The molecule has 0 aromatic carbocycles. The lowest BCUT2D eigenvalue weighted by atomic mass is 10.2. The Hall–Kier alpha value is -1.30. The van der Waals surface area contributed by atoms with E-state index in [1.165, 1.54) is 13.1 Å². The van der Waals surface area contributed by atoms with Crippen molar-refractivity contribution >= 4 is 11.9 Å². The number of hydrogen-bond acceptors (Lipinski definition) is 4. The molecular formula is C10H11F3N3OS-. The minimum atomic E-state index is -4.48. The summed E-state index contributed by atoms with van der Waals surface area (Å²) in [4.78, 5) is 3.31. The highest BCUT2D eigenvalue weighted by Crippen LogP contribution is 2.28. The van der Waals surface area contributed by atoms with Crippen molar-refractivity contribution in [3.63, 3.8) is 0 Å². The van der Waals surface area contributed by atoms with Crippen molar-refractivity contribution in [2.45, 2.75) is 18.3 Å². The largest absolute Gasteiger partial charge is 0.634 e. The van der Waals surface area contributed by atoms with E-state index in [0.29, 0.717) is 5.56 Å². The van der Waals surface area contributed by atoms with E-state index in [1.807, 2.05) is 0 Å². The molecule has 0 radical (unpaired) electrons. The zero-order valence-electron chi connectivity index (χ0n) is 9.64. The average Bonchev–Trinajstić information content (AvgIpc) is 2.27. The number of hydrogen-bond donors (Lipinski definition) is 0. The van der Waals surface area contributed by atoms with Gasteiger partial charge in [0.05, 0.1) is 7.05 Å². The molecule has 4 nitrogen and oxygen atoms in total. The summed E-state index contributed by atoms with van der Waals surface area (Å²) >= 11 is 0.231. The van der Waals surface area contributed by atoms with Crippen LogP contribution in [0.25, 0.3) is 0 Å². The van der Waals surface area contributed by atoms with Crippen LogP contribution in [0.15, 0.2) is 18.3 Å². The third-order valence-electron chi connectivity index (χ3n) is 2.14. The van der Waals surface area contributed by atoms with Crippen LogP contribution in [0.3, 0.4) is 0 Å². The minimum absolute atomic E-state index is 0.231. The van der Waals surface area contributed by atoms with E-state index in [1.54, 1.807) is 13.1 Å². The van der Waals surface area contributed by atoms with E-state index in [2.05, 4.69) is 4.98 Å². The van der Waals surface area contributed by atoms with Gasteiger partial charge >= 0.3 is 6.18 Å². The number of halogens is 3. The summed E-state index contributed by atoms with van der Waals surface area (Å²) in [6, 6.07) is 2.13. The van der Waals surface area contributed by atoms with Gasteiger partial charge in [-0.3, -0.25) is 4.98 Å². The predicted octanol–water partition coefficient (Wildman–Crippen LogP) is 2.32. The van der Waals surface area contributed by atoms with Crippen LogP contribution < -0.4 is 0 Å². The lowest BCUT2D eigenvalue weighted by Gasteiger charge is -2.42. The zero-order chi connectivity index (χ0) is 14.0. The molecule has 0 amide bonds. The van der Waals surface area contributed by atoms with E-state index in [4.69, 9.17) is 5.26 Å². The van der Waals surface area contributed by atoms with Crippen molar-refractivity contribution in [2.75, 3.05) is 7.05 Å². The number of alkyl halides is 3. The molecule has 1 aromatic rings. The van der Waals surface area contributed by atoms with Crippen molar-refractivity contribution < 1.29 is 17.2 Å². The Morgan fingerprint density at radius 3 is 2.50 bits per heavy atom. The van der Waals surface area contributed by atoms with Crippen LogP contribution in [0.5, 0.6) is 0 Å². The number of nitriles is 1. The molecule has 1 heterocycles. The second-order valence-corrected chi connectivity index (χ2v) is 5.51. The van der Waals surface area contributed by atoms with Crippen molar-refractivity contribution in [3.05, 3.63) is 34.8 Å². The summed E-state index contributed by atoms with van der Waals surface area (Å²) in [6.07, 6.45) is -1.85. The molecule has 100 valence electrons. The molecule has 0 fully saturated rings. The Kier molecular flexibility index (Phi) is 4.21. The van der Waals surface area contributed by atoms with Gasteiger partial charge in [-0.05, 0) is 11.6 Å². The Morgan fingerprint density at radius 1 is 1.50 bits per heavy atom. The van der Waals surface area contributed by atoms with E-state index in [9.17, 15) is 18.4 Å². The summed E-state index contributed by atoms with van der Waals surface area (Å²) in [5, 5.41) is 19.7. The quantitative estimate of drug-likeness (QED) is 0.280. The molecule has 0 aliphatic carbocycles. The van der Waals surface area contributed by atoms with Crippen molar-refractivity contribution in [1.82, 2.24) is 4.98 Å². The van der Waals surface area contributed by atoms with Gasteiger partial charge in [-0.15, -0.1) is 5.26 Å². The average molecular weight is 278 g/mol. The zero-order valence-corrected chi connectivity index (χ0v) is 10.5. The first-order valence-corrected chi connectivity index (χ1v) is 5.82. The van der Waals surface area contributed by atoms with E-state index in [0.717, 1.165) is 12.3 Å². The number of nitrogens with zero attached hydrogens (tertiary/aromatic N) is 3. The molecule has 0 aliphatic heterocycles. The van der Waals surface area contributed by atoms with Gasteiger partial charge in [0, 0.05) is 6.20 Å². The fourth-order valence-electron chi connectivity index (χ4n) is 1.24. The van der Waals surface area contributed by atoms with Crippen LogP contribution >= 0.6 is 0 Å². The highest BCUT2D eigenvalue weighted by Gasteiger charge is 2.32. The number of rotatable bonds is 3. The Bertz CT molecular complexity index is 453. The van der Waals surface area contributed by atoms with Gasteiger partial charge in [0.2, 0.25) is 0 Å². The van der Waals surface area contributed by atoms with Crippen LogP contribution in [-0.2, 0) is 18.1 Å². The topological polar surface area (TPSA) is 59.7 Å². The van der Waals surface area contributed by atoms with E-state index < -0.39 is 15.9 Å². The maximum absolute atomic E-state index is 12.3. The molecule has 1 aromatic heterocycles. The molecule has 0 aliphatic rings. The van der Waals surface area contributed by atoms with Crippen molar-refractivity contribution in [2.24, 2.45) is 0 Å². The smallest absolute Gasteiger partial charge is 0.433 e. The van der Waals surface area contributed by atoms with Gasteiger partial charge < -0.3 is 21.2 Å². The summed E-state index contributed by atoms with van der Waals surface area (Å²) < 4.78 is 35.7. The van der Waals surface area contributed by atoms with Gasteiger partial charge in [0.1, 0.15) is 5.69 Å². The Labute approximate surface area is 106 Å². The fourth-order valence-corrected chi connectivity index (χ4v) is 2.24. The lowest BCUT2D eigenvalue weighted by molar-refractivity contribution is -0.642. The fraction of sp³-hybridized carbons (Fsp3) is 0.400. The molecule has 0 saturated heterocycles. The second kappa shape index (κ2) is 5.14. The van der Waals surface area contributed by atoms with Gasteiger partial charge in [0.25, 0.3) is 6.19 Å². The predicted molar refractivity (Wildman–Crippen MR) is 61.6 cm³/mol. The Balaban J connectivity index is 2.84. The third-order valence-corrected chi connectivity index (χ3v) is 3.31. The maximum Gasteiger partial charge on any atom is 0.433 e. The highest BCUT2D eigenvalue weighted by molar-refractivity contribution is 7.73. The molecule has 18 heavy (non-hydrogen) atoms. The molecular weight excluding hydrogens is 267 g/mol. The first kappa shape index (κ1) is 14.8. The third kappa shape index (κ3) is 3.87. The summed E-state index contributed by atoms with van der Waals surface area (Å²) in [5.74, 6) is 0. The summed E-state index contributed by atoms with van der Waals surface area (Å²) in [5.41, 5.74) is -0.491. The molecule has 2 atom stereocenters. The minimum Gasteiger partial charge on any atom is -0.634 e. The van der Waals surface area contributed by atoms with E-state index in [-0.39, 0.29) is 17.2 Å². The van der Waals surface area contributed by atoms with Crippen LogP contribution in [0.2, 0.25) is 0 Å². The molecule has 1 rings (SSSR count). The summed E-state index contributed by atoms with van der Waals surface area (Å²) in [6.45, 7) is 1.65. The highest BCUT2D eigenvalue weighted by atomic mass is 32.2. The number of thiol groups is 1. The van der Waals surface area contributed by atoms with Gasteiger partial charge in [-0.2, -0.15) is 13.2 Å². The number of hydroxylamine groups is 2. The van der Waals surface area contributed by atoms with Crippen molar-refractivity contribution in [3.8, 4) is 6.19 Å². The first-order chi connectivity index (χ1) is 8.15. The number of aromatic nitrogens is 1. The van der Waals surface area contributed by atoms with Crippen LogP contribution in [0, 0.1) is 16.7 Å². The van der Waals surface area contributed by atoms with Crippen LogP contribution in [0.4, 0.5) is 13.2 Å². The van der Waals surface area contributed by atoms with Gasteiger partial charge in [0.15, 0.2) is 0 Å². The van der Waals surface area contributed by atoms with Crippen LogP contribution in [0.1, 0.15) is 23.4 Å².